The van der Waals surface area contributed by atoms with Gasteiger partial charge in [0.05, 0.1) is 0 Å². The molecule has 1 aromatic heterocycles. The van der Waals surface area contributed by atoms with E-state index in [-0.39, 0.29) is 12.5 Å². The van der Waals surface area contributed by atoms with Gasteiger partial charge in [-0.2, -0.15) is 0 Å². The first kappa shape index (κ1) is 13.7. The molecule has 0 radical (unpaired) electrons. The van der Waals surface area contributed by atoms with Gasteiger partial charge in [-0.15, -0.1) is 11.3 Å². The number of hydrogen-bond acceptors (Lipinski definition) is 3. The lowest BCUT2D eigenvalue weighted by Crippen LogP contribution is -2.36. The molecule has 0 aromatic carbocycles. The van der Waals surface area contributed by atoms with Gasteiger partial charge in [-0.05, 0) is 24.3 Å². The van der Waals surface area contributed by atoms with Gasteiger partial charge in [0.25, 0.3) is 0 Å². The zero-order valence-corrected chi connectivity index (χ0v) is 10.7. The average Bonchev–Trinajstić information content (AvgIpc) is 2.77. The fourth-order valence-corrected chi connectivity index (χ4v) is 2.28. The largest absolute Gasteiger partial charge is 0.480 e. The van der Waals surface area contributed by atoms with Gasteiger partial charge in [0.2, 0.25) is 5.91 Å². The number of carboxylic acid groups (broad SMARTS) is 1. The molecule has 0 aliphatic rings. The second kappa shape index (κ2) is 7.06. The number of carbonyl (C=O) groups excluding carboxylic acids is 1. The van der Waals surface area contributed by atoms with Crippen LogP contribution in [0.25, 0.3) is 0 Å². The summed E-state index contributed by atoms with van der Waals surface area (Å²) in [6, 6.07) is 3.94. The first-order valence-corrected chi connectivity index (χ1v) is 6.53. The summed E-state index contributed by atoms with van der Waals surface area (Å²) < 4.78 is 0. The number of thiophene rings is 1. The van der Waals surface area contributed by atoms with Crippen molar-refractivity contribution in [2.45, 2.75) is 26.2 Å². The van der Waals surface area contributed by atoms with Crippen molar-refractivity contribution in [3.63, 3.8) is 0 Å². The van der Waals surface area contributed by atoms with E-state index < -0.39 is 5.97 Å². The predicted molar refractivity (Wildman–Crippen MR) is 67.1 cm³/mol. The molecule has 5 heteroatoms. The number of amides is 1. The molecule has 1 aromatic rings. The van der Waals surface area contributed by atoms with Crippen molar-refractivity contribution < 1.29 is 14.7 Å². The molecule has 0 aliphatic carbocycles. The third kappa shape index (κ3) is 4.99. The molecule has 17 heavy (non-hydrogen) atoms. The number of carboxylic acids is 1. The molecule has 1 rings (SSSR count). The molecule has 0 saturated carbocycles. The maximum absolute atomic E-state index is 11.8. The summed E-state index contributed by atoms with van der Waals surface area (Å²) in [7, 11) is 0. The Kier molecular flexibility index (Phi) is 5.69. The average molecular weight is 255 g/mol. The molecular formula is C12H17NO3S. The Balaban J connectivity index is 2.44. The Hall–Kier alpha value is -1.36. The highest BCUT2D eigenvalue weighted by molar-refractivity contribution is 7.09. The van der Waals surface area contributed by atoms with Gasteiger partial charge >= 0.3 is 5.97 Å². The second-order valence-corrected chi connectivity index (χ2v) is 4.82. The number of hydrogen-bond donors (Lipinski definition) is 1. The third-order valence-corrected chi connectivity index (χ3v) is 3.27. The molecule has 1 heterocycles. The second-order valence-electron chi connectivity index (χ2n) is 3.79. The van der Waals surface area contributed by atoms with E-state index in [2.05, 4.69) is 0 Å². The summed E-state index contributed by atoms with van der Waals surface area (Å²) in [5.41, 5.74) is 0. The van der Waals surface area contributed by atoms with Crippen molar-refractivity contribution in [3.05, 3.63) is 22.4 Å². The summed E-state index contributed by atoms with van der Waals surface area (Å²) in [5.74, 6) is -1.04. The molecule has 4 nitrogen and oxygen atoms in total. The molecule has 1 amide bonds. The Labute approximate surface area is 105 Å². The maximum atomic E-state index is 11.8. The van der Waals surface area contributed by atoms with Gasteiger partial charge in [0.15, 0.2) is 0 Å². The molecule has 0 unspecified atom stereocenters. The van der Waals surface area contributed by atoms with E-state index in [9.17, 15) is 9.59 Å². The fourth-order valence-electron chi connectivity index (χ4n) is 1.57. The summed E-state index contributed by atoms with van der Waals surface area (Å²) in [6.45, 7) is 2.24. The van der Waals surface area contributed by atoms with Crippen molar-refractivity contribution in [1.29, 1.82) is 0 Å². The van der Waals surface area contributed by atoms with E-state index >= 15 is 0 Å². The van der Waals surface area contributed by atoms with Crippen LogP contribution in [0.2, 0.25) is 0 Å². The van der Waals surface area contributed by atoms with E-state index in [1.807, 2.05) is 24.4 Å². The lowest BCUT2D eigenvalue weighted by molar-refractivity contribution is -0.144. The van der Waals surface area contributed by atoms with Crippen LogP contribution in [0, 0.1) is 0 Å². The van der Waals surface area contributed by atoms with Crippen molar-refractivity contribution >= 4 is 23.2 Å². The lowest BCUT2D eigenvalue weighted by atomic mass is 10.2. The zero-order chi connectivity index (χ0) is 12.7. The minimum Gasteiger partial charge on any atom is -0.480 e. The summed E-state index contributed by atoms with van der Waals surface area (Å²) in [6.07, 6.45) is 1.85. The van der Waals surface area contributed by atoms with E-state index in [0.29, 0.717) is 19.4 Å². The summed E-state index contributed by atoms with van der Waals surface area (Å²) in [4.78, 5) is 25.0. The van der Waals surface area contributed by atoms with Gasteiger partial charge in [-0.1, -0.05) is 13.0 Å². The molecular weight excluding hydrogens is 238 g/mol. The van der Waals surface area contributed by atoms with E-state index in [0.717, 1.165) is 11.3 Å². The number of nitrogens with zero attached hydrogens (tertiary/aromatic N) is 1. The first-order valence-electron chi connectivity index (χ1n) is 5.65. The Morgan fingerprint density at radius 2 is 2.24 bits per heavy atom. The van der Waals surface area contributed by atoms with Crippen LogP contribution in [0.5, 0.6) is 0 Å². The van der Waals surface area contributed by atoms with Crippen LogP contribution in [0.1, 0.15) is 24.6 Å². The molecule has 0 fully saturated rings. The van der Waals surface area contributed by atoms with Gasteiger partial charge in [-0.25, -0.2) is 0 Å². The lowest BCUT2D eigenvalue weighted by Gasteiger charge is -2.19. The highest BCUT2D eigenvalue weighted by Gasteiger charge is 2.15. The third-order valence-electron chi connectivity index (χ3n) is 2.34. The van der Waals surface area contributed by atoms with Gasteiger partial charge in [-0.3, -0.25) is 9.59 Å². The van der Waals surface area contributed by atoms with Gasteiger partial charge in [0.1, 0.15) is 6.54 Å². The Bertz CT molecular complexity index is 362. The summed E-state index contributed by atoms with van der Waals surface area (Å²) in [5, 5.41) is 10.7. The number of aryl methyl sites for hydroxylation is 1. The van der Waals surface area contributed by atoms with Crippen LogP contribution < -0.4 is 0 Å². The zero-order valence-electron chi connectivity index (χ0n) is 9.89. The fraction of sp³-hybridized carbons (Fsp3) is 0.500. The molecule has 0 aliphatic heterocycles. The Morgan fingerprint density at radius 3 is 2.76 bits per heavy atom. The molecule has 0 spiro atoms. The van der Waals surface area contributed by atoms with Gasteiger partial charge in [0, 0.05) is 17.8 Å². The maximum Gasteiger partial charge on any atom is 0.323 e. The van der Waals surface area contributed by atoms with Gasteiger partial charge < -0.3 is 10.0 Å². The quantitative estimate of drug-likeness (QED) is 0.810. The van der Waals surface area contributed by atoms with Crippen LogP contribution >= 0.6 is 11.3 Å². The van der Waals surface area contributed by atoms with Crippen molar-refractivity contribution in [3.8, 4) is 0 Å². The number of carbonyl (C=O) groups is 2. The van der Waals surface area contributed by atoms with E-state index in [4.69, 9.17) is 5.11 Å². The first-order chi connectivity index (χ1) is 8.13. The summed E-state index contributed by atoms with van der Waals surface area (Å²) >= 11 is 1.62. The van der Waals surface area contributed by atoms with Crippen molar-refractivity contribution in [1.82, 2.24) is 4.90 Å². The molecule has 0 atom stereocenters. The highest BCUT2D eigenvalue weighted by atomic mass is 32.1. The van der Waals surface area contributed by atoms with Crippen LogP contribution in [0.4, 0.5) is 0 Å². The number of rotatable bonds is 7. The van der Waals surface area contributed by atoms with Crippen molar-refractivity contribution in [2.24, 2.45) is 0 Å². The van der Waals surface area contributed by atoms with E-state index in [1.54, 1.807) is 11.3 Å². The number of aliphatic carboxylic acids is 1. The smallest absolute Gasteiger partial charge is 0.323 e. The topological polar surface area (TPSA) is 57.6 Å². The molecule has 0 bridgehead atoms. The minimum atomic E-state index is -0.956. The van der Waals surface area contributed by atoms with Crippen LogP contribution in [-0.4, -0.2) is 35.0 Å². The Morgan fingerprint density at radius 1 is 1.47 bits per heavy atom. The monoisotopic (exact) mass is 255 g/mol. The van der Waals surface area contributed by atoms with Crippen molar-refractivity contribution in [2.75, 3.05) is 13.1 Å². The highest BCUT2D eigenvalue weighted by Crippen LogP contribution is 2.11. The predicted octanol–water partition coefficient (Wildman–Crippen LogP) is 2.00. The molecule has 1 N–H and O–H groups in total. The van der Waals surface area contributed by atoms with Crippen LogP contribution in [0.15, 0.2) is 17.5 Å². The molecule has 94 valence electrons. The minimum absolute atomic E-state index is 0.0809. The van der Waals surface area contributed by atoms with Crippen LogP contribution in [-0.2, 0) is 16.0 Å². The standard InChI is InChI=1S/C12H17NO3S/c1-2-7-13(9-12(15)16)11(14)6-5-10-4-3-8-17-10/h3-4,8H,2,5-7,9H2,1H3,(H,15,16). The SMILES string of the molecule is CCCN(CC(=O)O)C(=O)CCc1cccs1. The normalized spacial score (nSPS) is 10.2. The van der Waals surface area contributed by atoms with Crippen LogP contribution in [0.3, 0.4) is 0 Å². The van der Waals surface area contributed by atoms with E-state index in [1.165, 1.54) is 4.90 Å². The molecule has 0 saturated heterocycles.